The van der Waals surface area contributed by atoms with E-state index in [1.54, 1.807) is 6.07 Å². The van der Waals surface area contributed by atoms with Crippen molar-refractivity contribution in [1.82, 2.24) is 0 Å². The summed E-state index contributed by atoms with van der Waals surface area (Å²) in [6.07, 6.45) is -0.296. The van der Waals surface area contributed by atoms with E-state index in [1.807, 2.05) is 67.6 Å². The summed E-state index contributed by atoms with van der Waals surface area (Å²) in [6, 6.07) is 21.8. The van der Waals surface area contributed by atoms with Gasteiger partial charge in [0.15, 0.2) is 6.10 Å². The lowest BCUT2D eigenvalue weighted by Crippen LogP contribution is -2.20. The van der Waals surface area contributed by atoms with Crippen molar-refractivity contribution in [2.45, 2.75) is 19.4 Å². The van der Waals surface area contributed by atoms with E-state index in [9.17, 15) is 29.4 Å². The maximum absolute atomic E-state index is 14.2. The molecule has 3 aromatic carbocycles. The molecule has 176 valence electrons. The van der Waals surface area contributed by atoms with E-state index in [2.05, 4.69) is 0 Å². The van der Waals surface area contributed by atoms with Crippen LogP contribution in [0.5, 0.6) is 0 Å². The molecule has 1 unspecified atom stereocenters. The third-order valence-corrected chi connectivity index (χ3v) is 5.73. The number of nitro benzene ring substituents is 2. The number of carbonyl (C=O) groups excluding carboxylic acids is 1. The van der Waals surface area contributed by atoms with Crippen LogP contribution in [0.4, 0.5) is 15.8 Å². The van der Waals surface area contributed by atoms with Crippen LogP contribution in [0.3, 0.4) is 0 Å². The minimum absolute atomic E-state index is 0.491. The van der Waals surface area contributed by atoms with Gasteiger partial charge in [0.25, 0.3) is 5.82 Å². The summed E-state index contributed by atoms with van der Waals surface area (Å²) in [5, 5.41) is 22.5. The highest BCUT2D eigenvalue weighted by atomic mass is 19.1. The summed E-state index contributed by atoms with van der Waals surface area (Å²) in [4.78, 5) is 33.4. The van der Waals surface area contributed by atoms with E-state index in [4.69, 9.17) is 4.74 Å². The van der Waals surface area contributed by atoms with Crippen molar-refractivity contribution >= 4 is 17.3 Å². The maximum atomic E-state index is 14.2. The lowest BCUT2D eigenvalue weighted by atomic mass is 9.83. The molecule has 3 aromatic rings. The first-order chi connectivity index (χ1) is 16.8. The van der Waals surface area contributed by atoms with Crippen LogP contribution in [0.25, 0.3) is 0 Å². The van der Waals surface area contributed by atoms with Crippen molar-refractivity contribution in [3.8, 4) is 0 Å². The molecule has 1 aliphatic rings. The fourth-order valence-corrected chi connectivity index (χ4v) is 4.11. The first kappa shape index (κ1) is 23.5. The Labute approximate surface area is 199 Å². The van der Waals surface area contributed by atoms with E-state index in [1.165, 1.54) is 0 Å². The van der Waals surface area contributed by atoms with Crippen molar-refractivity contribution < 1.29 is 23.8 Å². The Balaban J connectivity index is 1.87. The number of fused-ring (bicyclic) bond motifs is 2. The summed E-state index contributed by atoms with van der Waals surface area (Å²) in [7, 11) is 0. The lowest BCUT2D eigenvalue weighted by Gasteiger charge is -2.29. The van der Waals surface area contributed by atoms with Crippen molar-refractivity contribution in [2.75, 3.05) is 0 Å². The minimum Gasteiger partial charge on any atom is -0.449 e. The van der Waals surface area contributed by atoms with Gasteiger partial charge in [0.2, 0.25) is 0 Å². The molecule has 0 saturated carbocycles. The average Bonchev–Trinajstić information content (AvgIpc) is 2.82. The van der Waals surface area contributed by atoms with Gasteiger partial charge < -0.3 is 4.74 Å². The van der Waals surface area contributed by atoms with E-state index >= 15 is 0 Å². The molecule has 0 fully saturated rings. The highest BCUT2D eigenvalue weighted by molar-refractivity contribution is 5.91. The normalized spacial score (nSPS) is 13.6. The predicted molar refractivity (Wildman–Crippen MR) is 125 cm³/mol. The Kier molecular flexibility index (Phi) is 6.50. The number of benzene rings is 2. The first-order valence-electron chi connectivity index (χ1n) is 10.6. The van der Waals surface area contributed by atoms with Gasteiger partial charge in [0.05, 0.1) is 15.4 Å². The van der Waals surface area contributed by atoms with Crippen molar-refractivity contribution in [2.24, 2.45) is 0 Å². The van der Waals surface area contributed by atoms with E-state index < -0.39 is 44.7 Å². The van der Waals surface area contributed by atoms with Crippen LogP contribution < -0.4 is 0 Å². The van der Waals surface area contributed by atoms with Gasteiger partial charge >= 0.3 is 17.3 Å². The number of nitro groups is 2. The standard InChI is InChI=1S/C26H19FN2O6/c1-16-9-5-3-2-4-6-11-18-13-17-10-7-8-12-20(17)25(23(16)18)35-26(30)19-14-21(28(31)32)24(27)22(15-19)29(33)34/h2-12,14-15,25H,13H2,1H3. The van der Waals surface area contributed by atoms with Crippen molar-refractivity contribution in [3.05, 3.63) is 138 Å². The average molecular weight is 474 g/mol. The van der Waals surface area contributed by atoms with Crippen molar-refractivity contribution in [1.29, 1.82) is 0 Å². The Morgan fingerprint density at radius 3 is 2.09 bits per heavy atom. The molecule has 0 N–H and O–H groups in total. The summed E-state index contributed by atoms with van der Waals surface area (Å²) in [5.74, 6) is -2.67. The number of rotatable bonds is 4. The predicted octanol–water partition coefficient (Wildman–Crippen LogP) is 5.93. The monoisotopic (exact) mass is 474 g/mol. The van der Waals surface area contributed by atoms with Crippen LogP contribution in [0, 0.1) is 33.0 Å². The van der Waals surface area contributed by atoms with Crippen molar-refractivity contribution in [3.63, 3.8) is 0 Å². The van der Waals surface area contributed by atoms with Crippen LogP contribution >= 0.6 is 0 Å². The molecule has 1 atom stereocenters. The molecule has 0 amide bonds. The highest BCUT2D eigenvalue weighted by Gasteiger charge is 2.33. The number of hydrogen-bond acceptors (Lipinski definition) is 6. The highest BCUT2D eigenvalue weighted by Crippen LogP contribution is 2.39. The second-order valence-corrected chi connectivity index (χ2v) is 7.92. The van der Waals surface area contributed by atoms with E-state index in [0.29, 0.717) is 18.6 Å². The number of ether oxygens (including phenoxy) is 1. The largest absolute Gasteiger partial charge is 0.449 e. The Bertz CT molecular complexity index is 1390. The van der Waals surface area contributed by atoms with Gasteiger partial charge in [-0.3, -0.25) is 20.2 Å². The second kappa shape index (κ2) is 9.68. The van der Waals surface area contributed by atoms with Gasteiger partial charge in [-0.15, -0.1) is 0 Å². The molecular formula is C26H19FN2O6. The Hall–Kier alpha value is -4.66. The minimum atomic E-state index is -1.62. The molecule has 9 heteroatoms. The summed E-state index contributed by atoms with van der Waals surface area (Å²) >= 11 is 0. The SMILES string of the molecule is Cc1cccccccc2c1C(OC(=O)c1cc([N+](=O)[O-])c(F)c([N+](=O)[O-])c1)c1ccccc1C2. The molecular weight excluding hydrogens is 455 g/mol. The second-order valence-electron chi connectivity index (χ2n) is 7.92. The molecule has 0 heterocycles. The van der Waals surface area contributed by atoms with Gasteiger partial charge in [-0.2, -0.15) is 4.39 Å². The van der Waals surface area contributed by atoms with Crippen LogP contribution in [-0.4, -0.2) is 15.8 Å². The molecule has 35 heavy (non-hydrogen) atoms. The zero-order chi connectivity index (χ0) is 25.1. The van der Waals surface area contributed by atoms with Crippen LogP contribution in [0.2, 0.25) is 0 Å². The summed E-state index contributed by atoms with van der Waals surface area (Å²) in [6.45, 7) is 1.88. The lowest BCUT2D eigenvalue weighted by molar-refractivity contribution is -0.399. The summed E-state index contributed by atoms with van der Waals surface area (Å²) < 4.78 is 20.1. The topological polar surface area (TPSA) is 113 Å². The van der Waals surface area contributed by atoms with Gasteiger partial charge in [-0.25, -0.2) is 4.79 Å². The quantitative estimate of drug-likeness (QED) is 0.263. The smallest absolute Gasteiger partial charge is 0.339 e. The molecule has 0 saturated heterocycles. The molecule has 0 aliphatic heterocycles. The molecule has 0 aromatic heterocycles. The van der Waals surface area contributed by atoms with Crippen LogP contribution in [-0.2, 0) is 11.2 Å². The van der Waals surface area contributed by atoms with Crippen LogP contribution in [0.1, 0.15) is 44.3 Å². The number of aryl methyl sites for hydroxylation is 1. The van der Waals surface area contributed by atoms with E-state index in [0.717, 1.165) is 27.8 Å². The molecule has 4 rings (SSSR count). The molecule has 8 nitrogen and oxygen atoms in total. The Morgan fingerprint density at radius 1 is 0.886 bits per heavy atom. The third-order valence-electron chi connectivity index (χ3n) is 5.73. The zero-order valence-corrected chi connectivity index (χ0v) is 18.5. The molecule has 1 aliphatic carbocycles. The van der Waals surface area contributed by atoms with Crippen LogP contribution in [0.15, 0.2) is 78.9 Å². The number of hydrogen-bond donors (Lipinski definition) is 0. The number of esters is 1. The number of nitrogens with zero attached hydrogens (tertiary/aromatic N) is 2. The fraction of sp³-hybridized carbons (Fsp3) is 0.115. The number of carbonyl (C=O) groups is 1. The number of halogens is 1. The molecule has 0 spiro atoms. The molecule has 0 bridgehead atoms. The maximum Gasteiger partial charge on any atom is 0.339 e. The van der Waals surface area contributed by atoms with Gasteiger partial charge in [0, 0.05) is 23.3 Å². The van der Waals surface area contributed by atoms with Gasteiger partial charge in [-0.1, -0.05) is 66.7 Å². The van der Waals surface area contributed by atoms with E-state index in [-0.39, 0.29) is 0 Å². The van der Waals surface area contributed by atoms with Gasteiger partial charge in [0.1, 0.15) is 0 Å². The third kappa shape index (κ3) is 4.70. The zero-order valence-electron chi connectivity index (χ0n) is 18.5. The first-order valence-corrected chi connectivity index (χ1v) is 10.6. The molecule has 0 radical (unpaired) electrons. The van der Waals surface area contributed by atoms with Gasteiger partial charge in [-0.05, 0) is 30.0 Å². The fourth-order valence-electron chi connectivity index (χ4n) is 4.11. The summed E-state index contributed by atoms with van der Waals surface area (Å²) in [5.41, 5.74) is 1.28. The Morgan fingerprint density at radius 2 is 1.43 bits per heavy atom.